The normalized spacial score (nSPS) is 13.4. The van der Waals surface area contributed by atoms with Crippen molar-refractivity contribution in [2.24, 2.45) is 0 Å². The van der Waals surface area contributed by atoms with E-state index in [0.29, 0.717) is 5.69 Å². The fourth-order valence-corrected chi connectivity index (χ4v) is 3.86. The highest BCUT2D eigenvalue weighted by Crippen LogP contribution is 2.17. The summed E-state index contributed by atoms with van der Waals surface area (Å²) in [6.07, 6.45) is 3.20. The molecule has 0 amide bonds. The highest BCUT2D eigenvalue weighted by molar-refractivity contribution is 7.89. The fraction of sp³-hybridized carbons (Fsp3) is 0.471. The molecule has 0 saturated heterocycles. The summed E-state index contributed by atoms with van der Waals surface area (Å²) in [7, 11) is -3.54. The van der Waals surface area contributed by atoms with Gasteiger partial charge in [-0.3, -0.25) is 4.68 Å². The van der Waals surface area contributed by atoms with Crippen molar-refractivity contribution in [1.29, 1.82) is 0 Å². The van der Waals surface area contributed by atoms with Crippen LogP contribution in [0.15, 0.2) is 41.4 Å². The number of aryl methyl sites for hydroxylation is 2. The first kappa shape index (κ1) is 17.7. The van der Waals surface area contributed by atoms with Gasteiger partial charge in [0.05, 0.1) is 5.69 Å². The zero-order valence-electron chi connectivity index (χ0n) is 14.2. The molecule has 0 fully saturated rings. The number of nitrogens with zero attached hydrogens (tertiary/aromatic N) is 2. The lowest BCUT2D eigenvalue weighted by Crippen LogP contribution is -2.33. The third-order valence-electron chi connectivity index (χ3n) is 3.76. The van der Waals surface area contributed by atoms with Crippen LogP contribution in [0.25, 0.3) is 0 Å². The summed E-state index contributed by atoms with van der Waals surface area (Å²) in [5.74, 6) is 0. The van der Waals surface area contributed by atoms with Gasteiger partial charge in [0.25, 0.3) is 0 Å². The van der Waals surface area contributed by atoms with Crippen molar-refractivity contribution in [1.82, 2.24) is 14.5 Å². The smallest absolute Gasteiger partial charge is 0.244 e. The first-order valence-corrected chi connectivity index (χ1v) is 9.40. The van der Waals surface area contributed by atoms with E-state index in [4.69, 9.17) is 0 Å². The third kappa shape index (κ3) is 4.65. The minimum Gasteiger partial charge on any atom is -0.269 e. The lowest BCUT2D eigenvalue weighted by Gasteiger charge is -2.13. The molecule has 5 nitrogen and oxygen atoms in total. The molecule has 0 aliphatic rings. The molecule has 2 aromatic rings. The summed E-state index contributed by atoms with van der Waals surface area (Å²) in [5, 5.41) is 4.27. The Morgan fingerprint density at radius 3 is 2.39 bits per heavy atom. The van der Waals surface area contributed by atoms with Gasteiger partial charge in [-0.1, -0.05) is 30.3 Å². The molecule has 1 aromatic carbocycles. The van der Waals surface area contributed by atoms with Crippen LogP contribution in [0.4, 0.5) is 0 Å². The first-order valence-electron chi connectivity index (χ1n) is 7.91. The van der Waals surface area contributed by atoms with Crippen LogP contribution in [0.5, 0.6) is 0 Å². The maximum absolute atomic E-state index is 12.5. The van der Waals surface area contributed by atoms with E-state index in [1.54, 1.807) is 17.8 Å². The van der Waals surface area contributed by atoms with Gasteiger partial charge in [-0.05, 0) is 46.1 Å². The van der Waals surface area contributed by atoms with Crippen LogP contribution in [-0.2, 0) is 16.4 Å². The van der Waals surface area contributed by atoms with Crippen LogP contribution in [0.1, 0.15) is 44.5 Å². The van der Waals surface area contributed by atoms with Gasteiger partial charge in [-0.25, -0.2) is 13.1 Å². The summed E-state index contributed by atoms with van der Waals surface area (Å²) in [5.41, 5.74) is 1.74. The summed E-state index contributed by atoms with van der Waals surface area (Å²) in [6, 6.07) is 10.1. The van der Waals surface area contributed by atoms with Crippen LogP contribution in [0, 0.1) is 6.92 Å². The van der Waals surface area contributed by atoms with Gasteiger partial charge < -0.3 is 0 Å². The molecule has 1 unspecified atom stereocenters. The van der Waals surface area contributed by atoms with E-state index < -0.39 is 10.0 Å². The van der Waals surface area contributed by atoms with E-state index in [2.05, 4.69) is 22.0 Å². The second kappa shape index (κ2) is 7.27. The number of nitrogens with one attached hydrogen (secondary N) is 1. The molecular weight excluding hydrogens is 310 g/mol. The van der Waals surface area contributed by atoms with E-state index in [1.807, 2.05) is 39.0 Å². The van der Waals surface area contributed by atoms with E-state index in [1.165, 1.54) is 5.56 Å². The second-order valence-corrected chi connectivity index (χ2v) is 7.88. The van der Waals surface area contributed by atoms with E-state index in [0.717, 1.165) is 12.8 Å². The Hall–Kier alpha value is -1.66. The minimum absolute atomic E-state index is 0.133. The topological polar surface area (TPSA) is 64.0 Å². The minimum atomic E-state index is -3.54. The Morgan fingerprint density at radius 2 is 1.83 bits per heavy atom. The van der Waals surface area contributed by atoms with Crippen molar-refractivity contribution >= 4 is 10.0 Å². The Kier molecular flexibility index (Phi) is 5.59. The lowest BCUT2D eigenvalue weighted by atomic mass is 10.1. The third-order valence-corrected chi connectivity index (χ3v) is 5.45. The summed E-state index contributed by atoms with van der Waals surface area (Å²) in [4.78, 5) is 0.262. The number of rotatable bonds is 7. The molecule has 1 heterocycles. The number of benzene rings is 1. The number of hydrogen-bond donors (Lipinski definition) is 1. The second-order valence-electron chi connectivity index (χ2n) is 6.20. The Bertz CT molecular complexity index is 736. The van der Waals surface area contributed by atoms with Gasteiger partial charge in [-0.15, -0.1) is 0 Å². The Balaban J connectivity index is 2.03. The largest absolute Gasteiger partial charge is 0.269 e. The van der Waals surface area contributed by atoms with Crippen molar-refractivity contribution in [3.8, 4) is 0 Å². The van der Waals surface area contributed by atoms with Crippen molar-refractivity contribution in [3.05, 3.63) is 47.8 Å². The molecule has 0 aliphatic heterocycles. The zero-order valence-corrected chi connectivity index (χ0v) is 15.0. The van der Waals surface area contributed by atoms with Crippen molar-refractivity contribution in [3.63, 3.8) is 0 Å². The molecule has 1 atom stereocenters. The zero-order chi connectivity index (χ0) is 17.0. The average Bonchev–Trinajstić information content (AvgIpc) is 2.89. The standard InChI is InChI=1S/C17H25N3O2S/c1-13(2)20-12-17(15(4)18-20)23(21,22)19-14(3)10-11-16-8-6-5-7-9-16/h5-9,12-14,19H,10-11H2,1-4H3. The van der Waals surface area contributed by atoms with E-state index in [9.17, 15) is 8.42 Å². The highest BCUT2D eigenvalue weighted by Gasteiger charge is 2.22. The molecular formula is C17H25N3O2S. The molecule has 126 valence electrons. The van der Waals surface area contributed by atoms with Crippen molar-refractivity contribution in [2.45, 2.75) is 57.5 Å². The van der Waals surface area contributed by atoms with Crippen LogP contribution >= 0.6 is 0 Å². The number of sulfonamides is 1. The Labute approximate surface area is 138 Å². The lowest BCUT2D eigenvalue weighted by molar-refractivity contribution is 0.527. The maximum atomic E-state index is 12.5. The predicted octanol–water partition coefficient (Wildman–Crippen LogP) is 3.07. The fourth-order valence-electron chi connectivity index (χ4n) is 2.41. The molecule has 1 aromatic heterocycles. The summed E-state index contributed by atoms with van der Waals surface area (Å²) < 4.78 is 29.5. The highest BCUT2D eigenvalue weighted by atomic mass is 32.2. The van der Waals surface area contributed by atoms with Crippen LogP contribution in [-0.4, -0.2) is 24.2 Å². The van der Waals surface area contributed by atoms with Gasteiger partial charge in [0, 0.05) is 18.3 Å². The van der Waals surface area contributed by atoms with Crippen molar-refractivity contribution in [2.75, 3.05) is 0 Å². The predicted molar refractivity (Wildman–Crippen MR) is 91.9 cm³/mol. The SMILES string of the molecule is Cc1nn(C(C)C)cc1S(=O)(=O)NC(C)CCc1ccccc1. The average molecular weight is 335 g/mol. The van der Waals surface area contributed by atoms with Gasteiger partial charge >= 0.3 is 0 Å². The number of aromatic nitrogens is 2. The summed E-state index contributed by atoms with van der Waals surface area (Å²) in [6.45, 7) is 7.56. The van der Waals surface area contributed by atoms with Crippen LogP contribution in [0.2, 0.25) is 0 Å². The molecule has 2 rings (SSSR count). The van der Waals surface area contributed by atoms with Gasteiger partial charge in [0.1, 0.15) is 4.90 Å². The van der Waals surface area contributed by atoms with Crippen LogP contribution < -0.4 is 4.72 Å². The van der Waals surface area contributed by atoms with Crippen molar-refractivity contribution < 1.29 is 8.42 Å². The van der Waals surface area contributed by atoms with E-state index in [-0.39, 0.29) is 17.0 Å². The maximum Gasteiger partial charge on any atom is 0.244 e. The molecule has 6 heteroatoms. The van der Waals surface area contributed by atoms with E-state index >= 15 is 0 Å². The molecule has 0 saturated carbocycles. The monoisotopic (exact) mass is 335 g/mol. The molecule has 0 spiro atoms. The Morgan fingerprint density at radius 1 is 1.17 bits per heavy atom. The molecule has 0 radical (unpaired) electrons. The molecule has 0 bridgehead atoms. The summed E-state index contributed by atoms with van der Waals surface area (Å²) >= 11 is 0. The van der Waals surface area contributed by atoms with Gasteiger partial charge in [0.15, 0.2) is 0 Å². The molecule has 1 N–H and O–H groups in total. The van der Waals surface area contributed by atoms with Gasteiger partial charge in [-0.2, -0.15) is 5.10 Å². The molecule has 0 aliphatic carbocycles. The van der Waals surface area contributed by atoms with Crippen LogP contribution in [0.3, 0.4) is 0 Å². The quantitative estimate of drug-likeness (QED) is 0.846. The first-order chi connectivity index (χ1) is 10.8. The van der Waals surface area contributed by atoms with Gasteiger partial charge in [0.2, 0.25) is 10.0 Å². The number of hydrogen-bond acceptors (Lipinski definition) is 3. The molecule has 23 heavy (non-hydrogen) atoms.